The van der Waals surface area contributed by atoms with Crippen molar-refractivity contribution in [3.05, 3.63) is 64.7 Å². The number of carbonyl (C=O) groups excluding carboxylic acids is 1. The fourth-order valence-electron chi connectivity index (χ4n) is 4.41. The molecule has 2 aromatic rings. The fourth-order valence-corrected chi connectivity index (χ4v) is 6.18. The number of fused-ring (bicyclic) bond motifs is 1. The molecule has 2 aliphatic rings. The zero-order valence-electron chi connectivity index (χ0n) is 16.9. The summed E-state index contributed by atoms with van der Waals surface area (Å²) < 4.78 is 27.8. The third-order valence-corrected chi connectivity index (χ3v) is 8.10. The lowest BCUT2D eigenvalue weighted by molar-refractivity contribution is 0.0932. The molecule has 1 N–H and O–H groups in total. The Balaban J connectivity index is 1.58. The van der Waals surface area contributed by atoms with Gasteiger partial charge >= 0.3 is 0 Å². The second kappa shape index (κ2) is 8.28. The Kier molecular flexibility index (Phi) is 5.74. The van der Waals surface area contributed by atoms with Crippen LogP contribution in [0.2, 0.25) is 0 Å². The molecule has 0 spiro atoms. The van der Waals surface area contributed by atoms with E-state index in [1.165, 1.54) is 11.1 Å². The number of rotatable bonds is 4. The van der Waals surface area contributed by atoms with Gasteiger partial charge in [-0.15, -0.1) is 0 Å². The number of aryl methyl sites for hydroxylation is 2. The van der Waals surface area contributed by atoms with E-state index in [1.54, 1.807) is 29.4 Å². The molecule has 0 aromatic heterocycles. The third-order valence-electron chi connectivity index (χ3n) is 6.06. The maximum atomic E-state index is 13.1. The van der Waals surface area contributed by atoms with Crippen molar-refractivity contribution in [2.24, 2.45) is 0 Å². The van der Waals surface area contributed by atoms with E-state index in [4.69, 9.17) is 0 Å². The number of piperidine rings is 1. The monoisotopic (exact) mass is 412 g/mol. The maximum absolute atomic E-state index is 13.1. The Bertz CT molecular complexity index is 1010. The number of nitrogens with zero attached hydrogens (tertiary/aromatic N) is 1. The van der Waals surface area contributed by atoms with Crippen LogP contribution in [0.15, 0.2) is 47.4 Å². The second-order valence-electron chi connectivity index (χ2n) is 8.06. The molecular formula is C23H28N2O3S. The van der Waals surface area contributed by atoms with Gasteiger partial charge in [0.1, 0.15) is 0 Å². The predicted molar refractivity (Wildman–Crippen MR) is 113 cm³/mol. The first-order valence-electron chi connectivity index (χ1n) is 10.5. The maximum Gasteiger partial charge on any atom is 0.251 e. The van der Waals surface area contributed by atoms with Crippen LogP contribution in [0, 0.1) is 6.92 Å². The van der Waals surface area contributed by atoms with Crippen molar-refractivity contribution in [2.45, 2.75) is 56.4 Å². The summed E-state index contributed by atoms with van der Waals surface area (Å²) in [7, 11) is -3.58. The van der Waals surface area contributed by atoms with Gasteiger partial charge in [0.25, 0.3) is 5.91 Å². The molecule has 1 heterocycles. The van der Waals surface area contributed by atoms with E-state index in [2.05, 4.69) is 17.4 Å². The van der Waals surface area contributed by atoms with Crippen LogP contribution in [0.5, 0.6) is 0 Å². The van der Waals surface area contributed by atoms with Gasteiger partial charge in [0, 0.05) is 18.7 Å². The third kappa shape index (κ3) is 4.09. The van der Waals surface area contributed by atoms with Crippen molar-refractivity contribution in [1.82, 2.24) is 9.62 Å². The van der Waals surface area contributed by atoms with Gasteiger partial charge in [-0.2, -0.15) is 4.31 Å². The first-order chi connectivity index (χ1) is 14.0. The lowest BCUT2D eigenvalue weighted by Gasteiger charge is -2.27. The van der Waals surface area contributed by atoms with Crippen LogP contribution in [-0.4, -0.2) is 31.7 Å². The van der Waals surface area contributed by atoms with Crippen LogP contribution >= 0.6 is 0 Å². The summed E-state index contributed by atoms with van der Waals surface area (Å²) in [4.78, 5) is 13.2. The van der Waals surface area contributed by atoms with Crippen molar-refractivity contribution in [3.63, 3.8) is 0 Å². The van der Waals surface area contributed by atoms with Crippen LogP contribution < -0.4 is 5.32 Å². The highest BCUT2D eigenvalue weighted by atomic mass is 32.2. The molecule has 2 aromatic carbocycles. The Morgan fingerprint density at radius 1 is 1.03 bits per heavy atom. The number of amides is 1. The van der Waals surface area contributed by atoms with Gasteiger partial charge in [-0.25, -0.2) is 8.42 Å². The van der Waals surface area contributed by atoms with Crippen molar-refractivity contribution in [3.8, 4) is 0 Å². The molecule has 0 bridgehead atoms. The lowest BCUT2D eigenvalue weighted by atomic mass is 9.87. The molecular weight excluding hydrogens is 384 g/mol. The molecule has 4 rings (SSSR count). The van der Waals surface area contributed by atoms with E-state index < -0.39 is 10.0 Å². The van der Waals surface area contributed by atoms with Gasteiger partial charge in [-0.1, -0.05) is 36.8 Å². The molecule has 154 valence electrons. The predicted octanol–water partition coefficient (Wildman–Crippen LogP) is 3.98. The summed E-state index contributed by atoms with van der Waals surface area (Å²) in [6.45, 7) is 2.89. The first kappa shape index (κ1) is 20.1. The first-order valence-corrected chi connectivity index (χ1v) is 11.9. The van der Waals surface area contributed by atoms with Crippen LogP contribution in [0.3, 0.4) is 0 Å². The van der Waals surface area contributed by atoms with Gasteiger partial charge in [0.05, 0.1) is 10.9 Å². The molecule has 1 aliphatic heterocycles. The number of nitrogens with one attached hydrogen (secondary N) is 1. The lowest BCUT2D eigenvalue weighted by Crippen LogP contribution is -2.36. The molecule has 1 atom stereocenters. The van der Waals surface area contributed by atoms with Crippen molar-refractivity contribution < 1.29 is 13.2 Å². The molecule has 1 fully saturated rings. The molecule has 6 heteroatoms. The summed E-state index contributed by atoms with van der Waals surface area (Å²) in [5.41, 5.74) is 3.52. The highest BCUT2D eigenvalue weighted by Crippen LogP contribution is 2.30. The van der Waals surface area contributed by atoms with Crippen LogP contribution in [0.1, 0.15) is 65.2 Å². The highest BCUT2D eigenvalue weighted by Gasteiger charge is 2.28. The Hall–Kier alpha value is -2.18. The minimum Gasteiger partial charge on any atom is -0.345 e. The Morgan fingerprint density at radius 3 is 2.59 bits per heavy atom. The minimum absolute atomic E-state index is 0.0316. The number of hydrogen-bond donors (Lipinski definition) is 1. The highest BCUT2D eigenvalue weighted by molar-refractivity contribution is 7.89. The van der Waals surface area contributed by atoms with E-state index in [9.17, 15) is 13.2 Å². The molecule has 1 unspecified atom stereocenters. The fraction of sp³-hybridized carbons (Fsp3) is 0.435. The van der Waals surface area contributed by atoms with Gasteiger partial charge < -0.3 is 5.32 Å². The largest absolute Gasteiger partial charge is 0.345 e. The van der Waals surface area contributed by atoms with Crippen LogP contribution in [-0.2, 0) is 16.4 Å². The summed E-state index contributed by atoms with van der Waals surface area (Å²) in [5.74, 6) is -0.221. The summed E-state index contributed by atoms with van der Waals surface area (Å²) in [6.07, 6.45) is 5.80. The van der Waals surface area contributed by atoms with E-state index in [0.29, 0.717) is 24.2 Å². The number of benzene rings is 2. The summed E-state index contributed by atoms with van der Waals surface area (Å²) in [5, 5.41) is 3.12. The van der Waals surface area contributed by atoms with E-state index in [0.717, 1.165) is 38.5 Å². The van der Waals surface area contributed by atoms with Gasteiger partial charge in [-0.3, -0.25) is 4.79 Å². The number of sulfonamides is 1. The SMILES string of the molecule is Cc1ccc(C(=O)NC2CCCc3ccccc32)cc1S(=O)(=O)N1CCCCC1. The molecule has 5 nitrogen and oxygen atoms in total. The van der Waals surface area contributed by atoms with Crippen molar-refractivity contribution >= 4 is 15.9 Å². The zero-order chi connectivity index (χ0) is 20.4. The standard InChI is InChI=1S/C23H28N2O3S/c1-17-12-13-19(16-22(17)29(27,28)25-14-5-2-6-15-25)23(26)24-21-11-7-9-18-8-3-4-10-20(18)21/h3-4,8,10,12-13,16,21H,2,5-7,9,11,14-15H2,1H3,(H,24,26). The molecule has 29 heavy (non-hydrogen) atoms. The molecule has 1 saturated heterocycles. The number of carbonyl (C=O) groups is 1. The van der Waals surface area contributed by atoms with Crippen LogP contribution in [0.4, 0.5) is 0 Å². The zero-order valence-corrected chi connectivity index (χ0v) is 17.7. The van der Waals surface area contributed by atoms with E-state index >= 15 is 0 Å². The van der Waals surface area contributed by atoms with Gasteiger partial charge in [0.2, 0.25) is 10.0 Å². The Morgan fingerprint density at radius 2 is 1.79 bits per heavy atom. The van der Waals surface area contributed by atoms with Crippen LogP contribution in [0.25, 0.3) is 0 Å². The van der Waals surface area contributed by atoms with Gasteiger partial charge in [0.15, 0.2) is 0 Å². The Labute approximate surface area is 173 Å². The quantitative estimate of drug-likeness (QED) is 0.826. The second-order valence-corrected chi connectivity index (χ2v) is 9.97. The van der Waals surface area contributed by atoms with E-state index in [-0.39, 0.29) is 16.8 Å². The molecule has 0 radical (unpaired) electrons. The smallest absolute Gasteiger partial charge is 0.251 e. The average molecular weight is 413 g/mol. The number of hydrogen-bond acceptors (Lipinski definition) is 3. The summed E-state index contributed by atoms with van der Waals surface area (Å²) >= 11 is 0. The molecule has 0 saturated carbocycles. The normalized spacial score (nSPS) is 20.1. The summed E-state index contributed by atoms with van der Waals surface area (Å²) in [6, 6.07) is 13.2. The molecule has 1 aliphatic carbocycles. The topological polar surface area (TPSA) is 66.5 Å². The average Bonchev–Trinajstić information content (AvgIpc) is 2.75. The minimum atomic E-state index is -3.58. The van der Waals surface area contributed by atoms with Gasteiger partial charge in [-0.05, 0) is 67.9 Å². The van der Waals surface area contributed by atoms with Crippen molar-refractivity contribution in [2.75, 3.05) is 13.1 Å². The van der Waals surface area contributed by atoms with E-state index in [1.807, 2.05) is 12.1 Å². The molecule has 1 amide bonds. The van der Waals surface area contributed by atoms with Crippen molar-refractivity contribution in [1.29, 1.82) is 0 Å².